The summed E-state index contributed by atoms with van der Waals surface area (Å²) < 4.78 is 19.9. The number of hydrogen-bond acceptors (Lipinski definition) is 7. The molecule has 0 radical (unpaired) electrons. The van der Waals surface area contributed by atoms with E-state index in [2.05, 4.69) is 4.98 Å². The Labute approximate surface area is 192 Å². The number of hydrogen-bond donors (Lipinski definition) is 2. The highest BCUT2D eigenvalue weighted by atomic mass is 32.1. The van der Waals surface area contributed by atoms with Crippen LogP contribution in [0.3, 0.4) is 0 Å². The minimum Gasteiger partial charge on any atom is -0.503 e. The van der Waals surface area contributed by atoms with E-state index in [4.69, 9.17) is 4.74 Å². The Hall–Kier alpha value is -3.98. The summed E-state index contributed by atoms with van der Waals surface area (Å²) in [6.45, 7) is 3.47. The van der Waals surface area contributed by atoms with Crippen molar-refractivity contribution in [2.45, 2.75) is 13.8 Å². The quantitative estimate of drug-likeness (QED) is 0.311. The number of halogens is 1. The Kier molecular flexibility index (Phi) is 5.97. The van der Waals surface area contributed by atoms with Crippen LogP contribution in [-0.2, 0) is 4.74 Å². The second-order valence-electron chi connectivity index (χ2n) is 7.06. The number of carbonyl (C=O) groups excluding carboxylic acids is 2. The molecule has 0 saturated carbocycles. The predicted molar refractivity (Wildman–Crippen MR) is 121 cm³/mol. The Morgan fingerprint density at radius 3 is 2.39 bits per heavy atom. The lowest BCUT2D eigenvalue weighted by molar-refractivity contribution is 0.0531. The first-order valence-corrected chi connectivity index (χ1v) is 10.8. The van der Waals surface area contributed by atoms with Gasteiger partial charge in [0.05, 0.1) is 23.6 Å². The van der Waals surface area contributed by atoms with Gasteiger partial charge in [-0.3, -0.25) is 9.36 Å². The number of ketones is 1. The number of esters is 1. The molecule has 0 aliphatic heterocycles. The minimum absolute atomic E-state index is 0.114. The van der Waals surface area contributed by atoms with Crippen molar-refractivity contribution in [1.29, 1.82) is 0 Å². The molecular formula is C24H19FN2O5S. The monoisotopic (exact) mass is 466 g/mol. The summed E-state index contributed by atoms with van der Waals surface area (Å²) in [4.78, 5) is 30.2. The van der Waals surface area contributed by atoms with Gasteiger partial charge in [-0.25, -0.2) is 14.2 Å². The molecular weight excluding hydrogens is 447 g/mol. The van der Waals surface area contributed by atoms with Gasteiger partial charge >= 0.3 is 5.97 Å². The van der Waals surface area contributed by atoms with E-state index in [1.54, 1.807) is 44.2 Å². The standard InChI is InChI=1S/C24H19FN2O5S/c1-3-32-23(31)21-13(2)26-24(33-21)27-18(14-9-11-16(25)12-10-14)17(20(29)22(27)30)19(28)15-7-5-4-6-8-15/h4-12,29-30H,3H2,1-2H3. The Morgan fingerprint density at radius 1 is 1.09 bits per heavy atom. The van der Waals surface area contributed by atoms with E-state index in [1.165, 1.54) is 28.8 Å². The normalized spacial score (nSPS) is 10.9. The molecule has 168 valence electrons. The summed E-state index contributed by atoms with van der Waals surface area (Å²) in [5.74, 6) is -2.87. The third-order valence-electron chi connectivity index (χ3n) is 4.94. The van der Waals surface area contributed by atoms with Gasteiger partial charge in [-0.2, -0.15) is 0 Å². The SMILES string of the molecule is CCOC(=O)c1sc(-n2c(O)c(O)c(C(=O)c3ccccc3)c2-c2ccc(F)cc2)nc1C. The first-order chi connectivity index (χ1) is 15.8. The van der Waals surface area contributed by atoms with Gasteiger partial charge in [-0.15, -0.1) is 0 Å². The van der Waals surface area contributed by atoms with Crippen LogP contribution in [0.25, 0.3) is 16.4 Å². The molecule has 0 bridgehead atoms. The lowest BCUT2D eigenvalue weighted by Crippen LogP contribution is -2.04. The van der Waals surface area contributed by atoms with Crippen molar-refractivity contribution in [2.75, 3.05) is 6.61 Å². The third-order valence-corrected chi connectivity index (χ3v) is 6.06. The lowest BCUT2D eigenvalue weighted by Gasteiger charge is -2.09. The number of rotatable bonds is 6. The van der Waals surface area contributed by atoms with Crippen molar-refractivity contribution in [2.24, 2.45) is 0 Å². The topological polar surface area (TPSA) is 102 Å². The first-order valence-electron chi connectivity index (χ1n) is 10.0. The molecule has 0 aliphatic rings. The van der Waals surface area contributed by atoms with E-state index < -0.39 is 29.2 Å². The number of benzene rings is 2. The predicted octanol–water partition coefficient (Wildman–Crippen LogP) is 4.87. The van der Waals surface area contributed by atoms with Crippen molar-refractivity contribution < 1.29 is 28.9 Å². The number of carbonyl (C=O) groups is 2. The van der Waals surface area contributed by atoms with Crippen molar-refractivity contribution in [3.05, 3.63) is 82.1 Å². The number of nitrogens with zero attached hydrogens (tertiary/aromatic N) is 2. The fraction of sp³-hybridized carbons (Fsp3) is 0.125. The molecule has 2 aromatic heterocycles. The second kappa shape index (κ2) is 8.87. The summed E-state index contributed by atoms with van der Waals surface area (Å²) in [5, 5.41) is 21.8. The maximum absolute atomic E-state index is 13.6. The number of thiazole rings is 1. The fourth-order valence-corrected chi connectivity index (χ4v) is 4.40. The van der Waals surface area contributed by atoms with Gasteiger partial charge in [0, 0.05) is 5.56 Å². The van der Waals surface area contributed by atoms with E-state index in [1.807, 2.05) is 0 Å². The smallest absolute Gasteiger partial charge is 0.350 e. The second-order valence-corrected chi connectivity index (χ2v) is 8.04. The van der Waals surface area contributed by atoms with Crippen LogP contribution in [-0.4, -0.2) is 38.1 Å². The van der Waals surface area contributed by atoms with E-state index in [9.17, 15) is 24.2 Å². The van der Waals surface area contributed by atoms with Crippen LogP contribution in [0.2, 0.25) is 0 Å². The van der Waals surface area contributed by atoms with Gasteiger partial charge in [0.25, 0.3) is 0 Å². The molecule has 4 aromatic rings. The molecule has 7 nitrogen and oxygen atoms in total. The highest BCUT2D eigenvalue weighted by Gasteiger charge is 2.31. The summed E-state index contributed by atoms with van der Waals surface area (Å²) in [7, 11) is 0. The van der Waals surface area contributed by atoms with Crippen LogP contribution in [0.1, 0.15) is 38.2 Å². The van der Waals surface area contributed by atoms with Crippen LogP contribution < -0.4 is 0 Å². The molecule has 0 saturated heterocycles. The maximum Gasteiger partial charge on any atom is 0.350 e. The largest absolute Gasteiger partial charge is 0.503 e. The van der Waals surface area contributed by atoms with E-state index in [0.717, 1.165) is 11.3 Å². The molecule has 0 aliphatic carbocycles. The van der Waals surface area contributed by atoms with Crippen LogP contribution >= 0.6 is 11.3 Å². The molecule has 9 heteroatoms. The molecule has 0 atom stereocenters. The number of ether oxygens (including phenoxy) is 1. The van der Waals surface area contributed by atoms with Gasteiger partial charge in [-0.05, 0) is 43.7 Å². The van der Waals surface area contributed by atoms with Crippen molar-refractivity contribution in [3.8, 4) is 28.0 Å². The molecule has 33 heavy (non-hydrogen) atoms. The molecule has 2 aromatic carbocycles. The summed E-state index contributed by atoms with van der Waals surface area (Å²) in [5.41, 5.74) is 0.952. The lowest BCUT2D eigenvalue weighted by atomic mass is 9.99. The average molecular weight is 466 g/mol. The van der Waals surface area contributed by atoms with Gasteiger partial charge in [0.15, 0.2) is 16.7 Å². The number of aromatic nitrogens is 2. The third kappa shape index (κ3) is 3.98. The molecule has 0 unspecified atom stereocenters. The molecule has 0 spiro atoms. The van der Waals surface area contributed by atoms with Crippen LogP contribution in [0, 0.1) is 12.7 Å². The number of aromatic hydroxyl groups is 2. The van der Waals surface area contributed by atoms with E-state index >= 15 is 0 Å². The summed E-state index contributed by atoms with van der Waals surface area (Å²) in [6, 6.07) is 13.5. The highest BCUT2D eigenvalue weighted by Crippen LogP contribution is 2.45. The summed E-state index contributed by atoms with van der Waals surface area (Å²) >= 11 is 0.937. The van der Waals surface area contributed by atoms with E-state index in [0.29, 0.717) is 11.3 Å². The molecule has 0 amide bonds. The highest BCUT2D eigenvalue weighted by molar-refractivity contribution is 7.16. The Balaban J connectivity index is 1.99. The Bertz CT molecular complexity index is 1340. The van der Waals surface area contributed by atoms with Gasteiger partial charge < -0.3 is 14.9 Å². The molecule has 2 heterocycles. The minimum atomic E-state index is -0.645. The zero-order chi connectivity index (χ0) is 23.7. The molecule has 4 rings (SSSR count). The van der Waals surface area contributed by atoms with Gasteiger partial charge in [0.1, 0.15) is 10.7 Å². The van der Waals surface area contributed by atoms with Crippen molar-refractivity contribution in [1.82, 2.24) is 9.55 Å². The van der Waals surface area contributed by atoms with Crippen molar-refractivity contribution >= 4 is 23.1 Å². The zero-order valence-corrected chi connectivity index (χ0v) is 18.5. The van der Waals surface area contributed by atoms with Crippen molar-refractivity contribution in [3.63, 3.8) is 0 Å². The first kappa shape index (κ1) is 22.2. The Morgan fingerprint density at radius 2 is 1.76 bits per heavy atom. The van der Waals surface area contributed by atoms with Crippen LogP contribution in [0.4, 0.5) is 4.39 Å². The molecule has 2 N–H and O–H groups in total. The maximum atomic E-state index is 13.6. The summed E-state index contributed by atoms with van der Waals surface area (Å²) in [6.07, 6.45) is 0. The average Bonchev–Trinajstić information content (AvgIpc) is 3.32. The number of aryl methyl sites for hydroxylation is 1. The van der Waals surface area contributed by atoms with Gasteiger partial charge in [-0.1, -0.05) is 41.7 Å². The van der Waals surface area contributed by atoms with E-state index in [-0.39, 0.29) is 33.4 Å². The zero-order valence-electron chi connectivity index (χ0n) is 17.7. The van der Waals surface area contributed by atoms with Crippen LogP contribution in [0.5, 0.6) is 11.6 Å². The fourth-order valence-electron chi connectivity index (χ4n) is 3.43. The molecule has 0 fully saturated rings. The van der Waals surface area contributed by atoms with Crippen LogP contribution in [0.15, 0.2) is 54.6 Å². The van der Waals surface area contributed by atoms with Gasteiger partial charge in [0.2, 0.25) is 5.88 Å².